The van der Waals surface area contributed by atoms with Crippen LogP contribution in [0.4, 0.5) is 0 Å². The molecule has 1 unspecified atom stereocenters. The maximum atomic E-state index is 10.4. The van der Waals surface area contributed by atoms with Gasteiger partial charge < -0.3 is 24.4 Å². The molecule has 0 saturated carbocycles. The summed E-state index contributed by atoms with van der Waals surface area (Å²) in [6.07, 6.45) is -2.78. The molecule has 2 aromatic carbocycles. The normalized spacial score (nSPS) is 23.4. The summed E-state index contributed by atoms with van der Waals surface area (Å²) in [5.41, 5.74) is 1.26. The molecule has 5 nitrogen and oxygen atoms in total. The van der Waals surface area contributed by atoms with E-state index in [4.69, 9.17) is 14.2 Å². The molecule has 0 aromatic heterocycles. The van der Waals surface area contributed by atoms with Gasteiger partial charge in [0, 0.05) is 5.56 Å². The van der Waals surface area contributed by atoms with Crippen LogP contribution in [0.2, 0.25) is 0 Å². The van der Waals surface area contributed by atoms with Gasteiger partial charge in [-0.15, -0.1) is 0 Å². The molecule has 22 heavy (non-hydrogen) atoms. The zero-order valence-corrected chi connectivity index (χ0v) is 12.4. The van der Waals surface area contributed by atoms with Gasteiger partial charge in [-0.1, -0.05) is 12.1 Å². The van der Waals surface area contributed by atoms with Crippen LogP contribution in [0.3, 0.4) is 0 Å². The van der Waals surface area contributed by atoms with Crippen molar-refractivity contribution in [3.63, 3.8) is 0 Å². The summed E-state index contributed by atoms with van der Waals surface area (Å²) in [6.45, 7) is 0. The SMILES string of the molecule is COc1cccc([C@@H]2Oc3ccc(OC)cc3[C@H](O)C2O)c1. The molecule has 1 aliphatic heterocycles. The molecule has 116 valence electrons. The molecule has 5 heteroatoms. The Balaban J connectivity index is 1.98. The topological polar surface area (TPSA) is 68.2 Å². The highest BCUT2D eigenvalue weighted by Crippen LogP contribution is 2.42. The molecule has 0 spiro atoms. The maximum Gasteiger partial charge on any atom is 0.153 e. The Morgan fingerprint density at radius 1 is 0.955 bits per heavy atom. The minimum atomic E-state index is -1.08. The van der Waals surface area contributed by atoms with Gasteiger partial charge in [0.2, 0.25) is 0 Å². The number of methoxy groups -OCH3 is 2. The Morgan fingerprint density at radius 3 is 2.41 bits per heavy atom. The molecule has 1 heterocycles. The summed E-state index contributed by atoms with van der Waals surface area (Å²) in [7, 11) is 3.13. The lowest BCUT2D eigenvalue weighted by Gasteiger charge is -2.34. The lowest BCUT2D eigenvalue weighted by atomic mass is 9.92. The number of aliphatic hydroxyl groups excluding tert-OH is 2. The summed E-state index contributed by atoms with van der Waals surface area (Å²) < 4.78 is 16.2. The predicted octanol–water partition coefficient (Wildman–Crippen LogP) is 2.23. The number of rotatable bonds is 3. The Hall–Kier alpha value is -2.24. The van der Waals surface area contributed by atoms with E-state index in [1.54, 1.807) is 38.5 Å². The van der Waals surface area contributed by atoms with E-state index in [0.29, 0.717) is 22.8 Å². The highest BCUT2D eigenvalue weighted by atomic mass is 16.5. The zero-order valence-electron chi connectivity index (χ0n) is 12.4. The molecule has 1 aliphatic rings. The van der Waals surface area contributed by atoms with Crippen molar-refractivity contribution in [2.24, 2.45) is 0 Å². The van der Waals surface area contributed by atoms with Crippen LogP contribution in [-0.4, -0.2) is 30.5 Å². The van der Waals surface area contributed by atoms with E-state index in [2.05, 4.69) is 0 Å². The van der Waals surface area contributed by atoms with Crippen molar-refractivity contribution in [1.29, 1.82) is 0 Å². The number of benzene rings is 2. The third-order valence-corrected chi connectivity index (χ3v) is 3.85. The highest BCUT2D eigenvalue weighted by molar-refractivity contribution is 5.45. The van der Waals surface area contributed by atoms with Gasteiger partial charge in [0.05, 0.1) is 14.2 Å². The Kier molecular flexibility index (Phi) is 3.92. The van der Waals surface area contributed by atoms with Crippen molar-refractivity contribution in [3.8, 4) is 17.2 Å². The molecule has 0 bridgehead atoms. The Bertz CT molecular complexity index is 670. The first kappa shape index (κ1) is 14.7. The van der Waals surface area contributed by atoms with E-state index in [0.717, 1.165) is 5.56 Å². The van der Waals surface area contributed by atoms with Gasteiger partial charge >= 0.3 is 0 Å². The Morgan fingerprint density at radius 2 is 1.68 bits per heavy atom. The average molecular weight is 302 g/mol. The van der Waals surface area contributed by atoms with Gasteiger partial charge in [0.15, 0.2) is 6.10 Å². The molecule has 0 aliphatic carbocycles. The van der Waals surface area contributed by atoms with Crippen LogP contribution in [0.15, 0.2) is 42.5 Å². The molecule has 0 radical (unpaired) electrons. The maximum absolute atomic E-state index is 10.4. The highest BCUT2D eigenvalue weighted by Gasteiger charge is 2.37. The monoisotopic (exact) mass is 302 g/mol. The van der Waals surface area contributed by atoms with E-state index in [-0.39, 0.29) is 0 Å². The molecular formula is C17H18O5. The zero-order chi connectivity index (χ0) is 15.7. The molecule has 0 fully saturated rings. The standard InChI is InChI=1S/C17H18O5/c1-20-11-5-3-4-10(8-11)17-16(19)15(18)13-9-12(21-2)6-7-14(13)22-17/h3-9,15-19H,1-2H3/t15-,16?,17-/m0/s1. The van der Waals surface area contributed by atoms with Crippen LogP contribution in [0.1, 0.15) is 23.3 Å². The fraction of sp³-hybridized carbons (Fsp3) is 0.294. The summed E-state index contributed by atoms with van der Waals surface area (Å²) >= 11 is 0. The van der Waals surface area contributed by atoms with E-state index in [9.17, 15) is 10.2 Å². The summed E-state index contributed by atoms with van der Waals surface area (Å²) in [4.78, 5) is 0. The second-order valence-corrected chi connectivity index (χ2v) is 5.15. The lowest BCUT2D eigenvalue weighted by molar-refractivity contribution is -0.0701. The van der Waals surface area contributed by atoms with Gasteiger partial charge in [-0.25, -0.2) is 0 Å². The first-order valence-electron chi connectivity index (χ1n) is 6.98. The van der Waals surface area contributed by atoms with Crippen molar-refractivity contribution in [1.82, 2.24) is 0 Å². The second kappa shape index (κ2) is 5.87. The number of hydrogen-bond acceptors (Lipinski definition) is 5. The Labute approximate surface area is 128 Å². The molecule has 0 amide bonds. The van der Waals surface area contributed by atoms with E-state index in [1.165, 1.54) is 0 Å². The molecule has 3 rings (SSSR count). The predicted molar refractivity (Wildman–Crippen MR) is 80.3 cm³/mol. The van der Waals surface area contributed by atoms with Crippen LogP contribution >= 0.6 is 0 Å². The van der Waals surface area contributed by atoms with Gasteiger partial charge in [0.25, 0.3) is 0 Å². The van der Waals surface area contributed by atoms with Crippen LogP contribution < -0.4 is 14.2 Å². The fourth-order valence-electron chi connectivity index (χ4n) is 2.63. The third-order valence-electron chi connectivity index (χ3n) is 3.85. The average Bonchev–Trinajstić information content (AvgIpc) is 2.57. The molecule has 3 atom stereocenters. The molecule has 0 saturated heterocycles. The van der Waals surface area contributed by atoms with Crippen molar-refractivity contribution in [3.05, 3.63) is 53.6 Å². The van der Waals surface area contributed by atoms with E-state index in [1.807, 2.05) is 18.2 Å². The van der Waals surface area contributed by atoms with Crippen LogP contribution in [0, 0.1) is 0 Å². The van der Waals surface area contributed by atoms with Crippen LogP contribution in [0.5, 0.6) is 17.2 Å². The number of aliphatic hydroxyl groups is 2. The van der Waals surface area contributed by atoms with Gasteiger partial charge in [0.1, 0.15) is 29.5 Å². The summed E-state index contributed by atoms with van der Waals surface area (Å²) in [5.74, 6) is 1.81. The largest absolute Gasteiger partial charge is 0.497 e. The lowest BCUT2D eigenvalue weighted by Crippen LogP contribution is -2.34. The van der Waals surface area contributed by atoms with Crippen molar-refractivity contribution in [2.75, 3.05) is 14.2 Å². The van der Waals surface area contributed by atoms with Gasteiger partial charge in [-0.3, -0.25) is 0 Å². The summed E-state index contributed by atoms with van der Waals surface area (Å²) in [5, 5.41) is 20.8. The third kappa shape index (κ3) is 2.49. The first-order chi connectivity index (χ1) is 10.6. The minimum Gasteiger partial charge on any atom is -0.497 e. The van der Waals surface area contributed by atoms with E-state index < -0.39 is 18.3 Å². The van der Waals surface area contributed by atoms with Crippen LogP contribution in [-0.2, 0) is 0 Å². The quantitative estimate of drug-likeness (QED) is 0.910. The number of ether oxygens (including phenoxy) is 3. The fourth-order valence-corrected chi connectivity index (χ4v) is 2.63. The van der Waals surface area contributed by atoms with E-state index >= 15 is 0 Å². The first-order valence-corrected chi connectivity index (χ1v) is 6.98. The van der Waals surface area contributed by atoms with Gasteiger partial charge in [-0.2, -0.15) is 0 Å². The van der Waals surface area contributed by atoms with Crippen molar-refractivity contribution in [2.45, 2.75) is 18.3 Å². The smallest absolute Gasteiger partial charge is 0.153 e. The van der Waals surface area contributed by atoms with Crippen molar-refractivity contribution >= 4 is 0 Å². The molecule has 2 N–H and O–H groups in total. The molecular weight excluding hydrogens is 284 g/mol. The number of fused-ring (bicyclic) bond motifs is 1. The number of hydrogen-bond donors (Lipinski definition) is 2. The second-order valence-electron chi connectivity index (χ2n) is 5.15. The van der Waals surface area contributed by atoms with Crippen molar-refractivity contribution < 1.29 is 24.4 Å². The minimum absolute atomic E-state index is 0.519. The molecule has 2 aromatic rings. The van der Waals surface area contributed by atoms with Gasteiger partial charge in [-0.05, 0) is 35.9 Å². The van der Waals surface area contributed by atoms with Crippen LogP contribution in [0.25, 0.3) is 0 Å². The summed E-state index contributed by atoms with van der Waals surface area (Å²) in [6, 6.07) is 12.4.